The highest BCUT2D eigenvalue weighted by Crippen LogP contribution is 2.28. The standard InChI is InChI=1S/C13H16N2O7.C2H6.CH2O/c16-8-15(7-13(21)22)10-4-2-1-3-9(10)14(5-11(17)18)6-12(19)20;2*1-2/h1-4,16H,5-8H2,(H,17,18)(H,19,20)(H,21,22);1-2H3;1H2. The summed E-state index contributed by atoms with van der Waals surface area (Å²) in [6.07, 6.45) is 0. The van der Waals surface area contributed by atoms with Crippen LogP contribution >= 0.6 is 0 Å². The summed E-state index contributed by atoms with van der Waals surface area (Å²) in [7, 11) is 0. The Morgan fingerprint density at radius 2 is 1.12 bits per heavy atom. The molecule has 10 nitrogen and oxygen atoms in total. The Balaban J connectivity index is 0. The smallest absolute Gasteiger partial charge is 0.323 e. The normalized spacial score (nSPS) is 8.88. The first-order valence-electron chi connectivity index (χ1n) is 7.49. The van der Waals surface area contributed by atoms with Crippen LogP contribution in [0.25, 0.3) is 0 Å². The molecule has 26 heavy (non-hydrogen) atoms. The zero-order chi connectivity index (χ0) is 20.7. The molecule has 0 aromatic heterocycles. The lowest BCUT2D eigenvalue weighted by Gasteiger charge is -2.28. The van der Waals surface area contributed by atoms with Crippen molar-refractivity contribution in [1.29, 1.82) is 0 Å². The largest absolute Gasteiger partial charge is 0.480 e. The van der Waals surface area contributed by atoms with Crippen LogP contribution in [0.3, 0.4) is 0 Å². The maximum Gasteiger partial charge on any atom is 0.323 e. The Morgan fingerprint density at radius 1 is 0.808 bits per heavy atom. The quantitative estimate of drug-likeness (QED) is 0.446. The van der Waals surface area contributed by atoms with Crippen molar-refractivity contribution >= 4 is 36.1 Å². The summed E-state index contributed by atoms with van der Waals surface area (Å²) < 4.78 is 0. The van der Waals surface area contributed by atoms with Gasteiger partial charge in [-0.05, 0) is 12.1 Å². The summed E-state index contributed by atoms with van der Waals surface area (Å²) in [6, 6.07) is 6.08. The van der Waals surface area contributed by atoms with Crippen LogP contribution in [0.15, 0.2) is 24.3 Å². The third-order valence-corrected chi connectivity index (χ3v) is 2.71. The molecule has 0 aliphatic rings. The number of carbonyl (C=O) groups is 4. The highest BCUT2D eigenvalue weighted by molar-refractivity contribution is 5.85. The molecule has 0 amide bonds. The van der Waals surface area contributed by atoms with Crippen LogP contribution in [-0.2, 0) is 19.2 Å². The number of rotatable bonds is 9. The maximum atomic E-state index is 10.9. The van der Waals surface area contributed by atoms with Crippen molar-refractivity contribution in [3.8, 4) is 0 Å². The van der Waals surface area contributed by atoms with Gasteiger partial charge in [0.05, 0.1) is 11.4 Å². The van der Waals surface area contributed by atoms with E-state index in [4.69, 9.17) is 20.1 Å². The third-order valence-electron chi connectivity index (χ3n) is 2.71. The monoisotopic (exact) mass is 372 g/mol. The molecule has 0 atom stereocenters. The molecule has 1 rings (SSSR count). The first kappa shape index (κ1) is 25.1. The molecule has 10 heteroatoms. The minimum absolute atomic E-state index is 0.211. The molecule has 146 valence electrons. The molecule has 0 saturated heterocycles. The Kier molecular flexibility index (Phi) is 13.7. The van der Waals surface area contributed by atoms with Crippen LogP contribution in [0.5, 0.6) is 0 Å². The van der Waals surface area contributed by atoms with E-state index >= 15 is 0 Å². The molecule has 0 heterocycles. The molecular weight excluding hydrogens is 348 g/mol. The van der Waals surface area contributed by atoms with Crippen molar-refractivity contribution in [2.45, 2.75) is 13.8 Å². The molecule has 0 spiro atoms. The fourth-order valence-corrected chi connectivity index (χ4v) is 1.93. The topological polar surface area (TPSA) is 156 Å². The van der Waals surface area contributed by atoms with Gasteiger partial charge in [-0.3, -0.25) is 14.4 Å². The Labute approximate surface area is 150 Å². The van der Waals surface area contributed by atoms with Gasteiger partial charge in [-0.15, -0.1) is 0 Å². The van der Waals surface area contributed by atoms with Crippen LogP contribution in [0.1, 0.15) is 13.8 Å². The van der Waals surface area contributed by atoms with Crippen LogP contribution in [0.4, 0.5) is 11.4 Å². The molecule has 1 aromatic carbocycles. The zero-order valence-electron chi connectivity index (χ0n) is 14.7. The van der Waals surface area contributed by atoms with E-state index in [1.165, 1.54) is 12.1 Å². The molecule has 0 aliphatic carbocycles. The summed E-state index contributed by atoms with van der Waals surface area (Å²) in [5.74, 6) is -3.65. The molecule has 1 aromatic rings. The molecule has 0 aliphatic heterocycles. The molecule has 0 radical (unpaired) electrons. The summed E-state index contributed by atoms with van der Waals surface area (Å²) in [5.41, 5.74) is 0.442. The van der Waals surface area contributed by atoms with Crippen molar-refractivity contribution in [3.63, 3.8) is 0 Å². The van der Waals surface area contributed by atoms with E-state index in [0.29, 0.717) is 0 Å². The fraction of sp³-hybridized carbons (Fsp3) is 0.375. The lowest BCUT2D eigenvalue weighted by Crippen LogP contribution is -2.37. The zero-order valence-corrected chi connectivity index (χ0v) is 14.7. The molecule has 0 saturated carbocycles. The second-order valence-electron chi connectivity index (χ2n) is 4.37. The molecule has 0 fully saturated rings. The Morgan fingerprint density at radius 3 is 1.42 bits per heavy atom. The second-order valence-corrected chi connectivity index (χ2v) is 4.37. The van der Waals surface area contributed by atoms with Crippen molar-refractivity contribution in [1.82, 2.24) is 0 Å². The number of para-hydroxylation sites is 2. The number of aliphatic carboxylic acids is 3. The number of hydrogen-bond donors (Lipinski definition) is 4. The average Bonchev–Trinajstić information content (AvgIpc) is 2.61. The van der Waals surface area contributed by atoms with E-state index in [9.17, 15) is 19.5 Å². The highest BCUT2D eigenvalue weighted by Gasteiger charge is 2.20. The van der Waals surface area contributed by atoms with E-state index in [0.717, 1.165) is 9.80 Å². The van der Waals surface area contributed by atoms with Crippen molar-refractivity contribution < 1.29 is 39.6 Å². The summed E-state index contributed by atoms with van der Waals surface area (Å²) in [5, 5.41) is 35.9. The van der Waals surface area contributed by atoms with Gasteiger partial charge in [0.1, 0.15) is 33.2 Å². The minimum atomic E-state index is -1.23. The third kappa shape index (κ3) is 9.23. The number of aliphatic hydroxyl groups excluding tert-OH is 1. The van der Waals surface area contributed by atoms with Crippen molar-refractivity contribution in [2.75, 3.05) is 36.2 Å². The van der Waals surface area contributed by atoms with Gasteiger partial charge in [-0.1, -0.05) is 26.0 Å². The van der Waals surface area contributed by atoms with Crippen LogP contribution in [-0.4, -0.2) is 71.5 Å². The van der Waals surface area contributed by atoms with Gasteiger partial charge in [0.25, 0.3) is 0 Å². The predicted molar refractivity (Wildman–Crippen MR) is 94.5 cm³/mol. The van der Waals surface area contributed by atoms with E-state index in [2.05, 4.69) is 0 Å². The fourth-order valence-electron chi connectivity index (χ4n) is 1.93. The van der Waals surface area contributed by atoms with Gasteiger partial charge in [0.2, 0.25) is 0 Å². The molecular formula is C16H24N2O8. The Bertz CT molecular complexity index is 563. The van der Waals surface area contributed by atoms with Gasteiger partial charge in [0, 0.05) is 0 Å². The number of carbonyl (C=O) groups excluding carboxylic acids is 1. The first-order valence-corrected chi connectivity index (χ1v) is 7.49. The maximum absolute atomic E-state index is 10.9. The number of anilines is 2. The van der Waals surface area contributed by atoms with Gasteiger partial charge >= 0.3 is 17.9 Å². The number of hydrogen-bond acceptors (Lipinski definition) is 7. The summed E-state index contributed by atoms with van der Waals surface area (Å²) in [6.45, 7) is 3.73. The first-order chi connectivity index (χ1) is 12.3. The number of carboxylic acids is 3. The molecule has 4 N–H and O–H groups in total. The number of nitrogens with zero attached hydrogens (tertiary/aromatic N) is 2. The van der Waals surface area contributed by atoms with Crippen LogP contribution in [0.2, 0.25) is 0 Å². The Hall–Kier alpha value is -3.14. The molecule has 0 unspecified atom stereocenters. The van der Waals surface area contributed by atoms with E-state index in [-0.39, 0.29) is 11.4 Å². The van der Waals surface area contributed by atoms with Gasteiger partial charge in [-0.2, -0.15) is 0 Å². The number of benzene rings is 1. The van der Waals surface area contributed by atoms with E-state index in [1.54, 1.807) is 12.1 Å². The van der Waals surface area contributed by atoms with Crippen LogP contribution < -0.4 is 9.80 Å². The van der Waals surface area contributed by atoms with Gasteiger partial charge < -0.3 is 35.0 Å². The predicted octanol–water partition coefficient (Wildman–Crippen LogP) is 0.344. The average molecular weight is 372 g/mol. The lowest BCUT2D eigenvalue weighted by atomic mass is 10.2. The van der Waals surface area contributed by atoms with E-state index in [1.807, 2.05) is 20.6 Å². The minimum Gasteiger partial charge on any atom is -0.480 e. The van der Waals surface area contributed by atoms with Crippen molar-refractivity contribution in [2.24, 2.45) is 0 Å². The summed E-state index contributed by atoms with van der Waals surface area (Å²) >= 11 is 0. The van der Waals surface area contributed by atoms with Gasteiger partial charge in [0.15, 0.2) is 0 Å². The van der Waals surface area contributed by atoms with Gasteiger partial charge in [-0.25, -0.2) is 0 Å². The highest BCUT2D eigenvalue weighted by atomic mass is 16.4. The second kappa shape index (κ2) is 14.2. The van der Waals surface area contributed by atoms with E-state index < -0.39 is 44.3 Å². The SMILES string of the molecule is C=O.CC.O=C(O)CN(CO)c1ccccc1N(CC(=O)O)CC(=O)O. The molecule has 0 bridgehead atoms. The van der Waals surface area contributed by atoms with Crippen molar-refractivity contribution in [3.05, 3.63) is 24.3 Å². The summed E-state index contributed by atoms with van der Waals surface area (Å²) in [4.78, 5) is 42.8. The van der Waals surface area contributed by atoms with Crippen LogP contribution in [0, 0.1) is 0 Å². The lowest BCUT2D eigenvalue weighted by molar-refractivity contribution is -0.137. The number of carboxylic acid groups (broad SMARTS) is 3. The number of aliphatic hydroxyl groups is 1.